The highest BCUT2D eigenvalue weighted by Crippen LogP contribution is 2.03. The molecule has 80 valence electrons. The number of rotatable bonds is 3. The van der Waals surface area contributed by atoms with E-state index in [1.807, 2.05) is 6.92 Å². The highest BCUT2D eigenvalue weighted by Gasteiger charge is 2.11. The van der Waals surface area contributed by atoms with E-state index in [0.717, 1.165) is 0 Å². The number of hydrogen-bond donors (Lipinski definition) is 1. The van der Waals surface area contributed by atoms with Crippen LogP contribution in [0.2, 0.25) is 0 Å². The molecule has 0 aliphatic heterocycles. The van der Waals surface area contributed by atoms with Gasteiger partial charge >= 0.3 is 5.97 Å². The van der Waals surface area contributed by atoms with Gasteiger partial charge in [0.15, 0.2) is 0 Å². The summed E-state index contributed by atoms with van der Waals surface area (Å²) in [7, 11) is 1.67. The van der Waals surface area contributed by atoms with E-state index in [1.54, 1.807) is 7.05 Å². The number of carbonyl (C=O) groups excluding carboxylic acids is 1. The van der Waals surface area contributed by atoms with Crippen molar-refractivity contribution in [2.24, 2.45) is 0 Å². The maximum atomic E-state index is 11.6. The number of carbonyl (C=O) groups is 2. The average Bonchev–Trinajstić information content (AvgIpc) is 2.27. The van der Waals surface area contributed by atoms with Crippen LogP contribution in [0.1, 0.15) is 27.8 Å². The van der Waals surface area contributed by atoms with Crippen molar-refractivity contribution in [2.45, 2.75) is 6.92 Å². The van der Waals surface area contributed by atoms with Gasteiger partial charge in [0.05, 0.1) is 5.56 Å². The lowest BCUT2D eigenvalue weighted by Crippen LogP contribution is -2.26. The Morgan fingerprint density at radius 3 is 2.53 bits per heavy atom. The lowest BCUT2D eigenvalue weighted by molar-refractivity contribution is 0.0688. The fourth-order valence-corrected chi connectivity index (χ4v) is 1.01. The Bertz CT molecular complexity index is 373. The number of hydrogen-bond acceptors (Lipinski definition) is 3. The summed E-state index contributed by atoms with van der Waals surface area (Å²) in [6, 6.07) is 2.78. The van der Waals surface area contributed by atoms with Gasteiger partial charge in [-0.2, -0.15) is 0 Å². The second-order valence-corrected chi connectivity index (χ2v) is 3.06. The molecule has 0 spiro atoms. The first-order chi connectivity index (χ1) is 7.06. The van der Waals surface area contributed by atoms with Crippen LogP contribution in [-0.2, 0) is 0 Å². The molecule has 15 heavy (non-hydrogen) atoms. The van der Waals surface area contributed by atoms with Crippen molar-refractivity contribution in [3.63, 3.8) is 0 Å². The quantitative estimate of drug-likeness (QED) is 0.800. The van der Waals surface area contributed by atoms with Gasteiger partial charge in [-0.15, -0.1) is 0 Å². The molecule has 0 saturated carbocycles. The zero-order chi connectivity index (χ0) is 11.4. The normalized spacial score (nSPS) is 9.73. The predicted molar refractivity (Wildman–Crippen MR) is 53.8 cm³/mol. The number of nitrogens with zero attached hydrogens (tertiary/aromatic N) is 2. The van der Waals surface area contributed by atoms with Crippen LogP contribution >= 0.6 is 0 Å². The van der Waals surface area contributed by atoms with Crippen molar-refractivity contribution in [1.82, 2.24) is 9.88 Å². The number of aromatic nitrogens is 1. The summed E-state index contributed by atoms with van der Waals surface area (Å²) in [6.45, 7) is 2.45. The van der Waals surface area contributed by atoms with Gasteiger partial charge in [0.1, 0.15) is 5.69 Å². The lowest BCUT2D eigenvalue weighted by atomic mass is 10.2. The molecule has 1 aromatic rings. The van der Waals surface area contributed by atoms with E-state index in [2.05, 4.69) is 4.98 Å². The third-order valence-electron chi connectivity index (χ3n) is 2.05. The summed E-state index contributed by atoms with van der Waals surface area (Å²) >= 11 is 0. The van der Waals surface area contributed by atoms with Crippen LogP contribution < -0.4 is 0 Å². The van der Waals surface area contributed by atoms with Gasteiger partial charge in [-0.25, -0.2) is 9.78 Å². The molecule has 0 fully saturated rings. The summed E-state index contributed by atoms with van der Waals surface area (Å²) in [5.41, 5.74) is 0.329. The summed E-state index contributed by atoms with van der Waals surface area (Å²) < 4.78 is 0. The van der Waals surface area contributed by atoms with Gasteiger partial charge in [0.25, 0.3) is 5.91 Å². The number of carboxylic acid groups (broad SMARTS) is 1. The van der Waals surface area contributed by atoms with Crippen molar-refractivity contribution in [3.8, 4) is 0 Å². The largest absolute Gasteiger partial charge is 0.477 e. The molecule has 0 saturated heterocycles. The zero-order valence-corrected chi connectivity index (χ0v) is 8.60. The van der Waals surface area contributed by atoms with Gasteiger partial charge in [-0.05, 0) is 19.1 Å². The molecular weight excluding hydrogens is 196 g/mol. The number of carboxylic acids is 1. The molecule has 0 bridgehead atoms. The molecule has 1 amide bonds. The monoisotopic (exact) mass is 208 g/mol. The van der Waals surface area contributed by atoms with Crippen LogP contribution in [0, 0.1) is 0 Å². The topological polar surface area (TPSA) is 70.5 Å². The van der Waals surface area contributed by atoms with Gasteiger partial charge in [0.2, 0.25) is 0 Å². The Hall–Kier alpha value is -1.91. The zero-order valence-electron chi connectivity index (χ0n) is 8.60. The van der Waals surface area contributed by atoms with Crippen LogP contribution in [0.15, 0.2) is 18.3 Å². The smallest absolute Gasteiger partial charge is 0.354 e. The maximum absolute atomic E-state index is 11.6. The second kappa shape index (κ2) is 4.54. The minimum atomic E-state index is -1.10. The Balaban J connectivity index is 2.89. The highest BCUT2D eigenvalue weighted by atomic mass is 16.4. The van der Waals surface area contributed by atoms with E-state index in [4.69, 9.17) is 5.11 Å². The van der Waals surface area contributed by atoms with E-state index in [9.17, 15) is 9.59 Å². The Kier molecular flexibility index (Phi) is 3.38. The maximum Gasteiger partial charge on any atom is 0.354 e. The van der Waals surface area contributed by atoms with Crippen LogP contribution in [0.25, 0.3) is 0 Å². The molecule has 5 nitrogen and oxygen atoms in total. The van der Waals surface area contributed by atoms with E-state index in [1.165, 1.54) is 23.2 Å². The standard InChI is InChI=1S/C10H12N2O3/c1-3-12(2)9(13)7-4-5-8(10(14)15)11-6-7/h4-6H,3H2,1-2H3,(H,14,15). The second-order valence-electron chi connectivity index (χ2n) is 3.06. The van der Waals surface area contributed by atoms with Gasteiger partial charge in [0, 0.05) is 19.8 Å². The fraction of sp³-hybridized carbons (Fsp3) is 0.300. The van der Waals surface area contributed by atoms with Gasteiger partial charge < -0.3 is 10.0 Å². The minimum absolute atomic E-state index is 0.0642. The van der Waals surface area contributed by atoms with Crippen LogP contribution in [0.4, 0.5) is 0 Å². The number of aromatic carboxylic acids is 1. The van der Waals surface area contributed by atoms with E-state index < -0.39 is 5.97 Å². The van der Waals surface area contributed by atoms with Crippen LogP contribution in [0.3, 0.4) is 0 Å². The molecule has 1 aromatic heterocycles. The van der Waals surface area contributed by atoms with Gasteiger partial charge in [-0.3, -0.25) is 4.79 Å². The van der Waals surface area contributed by atoms with Crippen molar-refractivity contribution in [3.05, 3.63) is 29.6 Å². The summed E-state index contributed by atoms with van der Waals surface area (Å²) in [5, 5.41) is 8.61. The van der Waals surface area contributed by atoms with Gasteiger partial charge in [-0.1, -0.05) is 0 Å². The van der Waals surface area contributed by atoms with Crippen LogP contribution in [0.5, 0.6) is 0 Å². The molecule has 0 unspecified atom stereocenters. The average molecular weight is 208 g/mol. The molecule has 0 aliphatic carbocycles. The third kappa shape index (κ3) is 2.52. The van der Waals surface area contributed by atoms with Crippen molar-refractivity contribution in [1.29, 1.82) is 0 Å². The molecule has 0 aliphatic rings. The highest BCUT2D eigenvalue weighted by molar-refractivity contribution is 5.94. The summed E-state index contributed by atoms with van der Waals surface area (Å²) in [4.78, 5) is 27.3. The molecule has 0 aromatic carbocycles. The molecule has 1 rings (SSSR count). The van der Waals surface area contributed by atoms with Crippen LogP contribution in [-0.4, -0.2) is 40.5 Å². The molecule has 1 N–H and O–H groups in total. The summed E-state index contributed by atoms with van der Waals surface area (Å²) in [6.07, 6.45) is 1.28. The SMILES string of the molecule is CCN(C)C(=O)c1ccc(C(=O)O)nc1. The molecule has 0 atom stereocenters. The molecule has 5 heteroatoms. The van der Waals surface area contributed by atoms with Crippen molar-refractivity contribution in [2.75, 3.05) is 13.6 Å². The van der Waals surface area contributed by atoms with Crippen molar-refractivity contribution >= 4 is 11.9 Å². The minimum Gasteiger partial charge on any atom is -0.477 e. The molecule has 1 heterocycles. The lowest BCUT2D eigenvalue weighted by Gasteiger charge is -2.13. The number of amides is 1. The van der Waals surface area contributed by atoms with E-state index in [-0.39, 0.29) is 11.6 Å². The number of pyridine rings is 1. The fourth-order valence-electron chi connectivity index (χ4n) is 1.01. The summed E-state index contributed by atoms with van der Waals surface area (Å²) in [5.74, 6) is -1.26. The van der Waals surface area contributed by atoms with Crippen molar-refractivity contribution < 1.29 is 14.7 Å². The Labute approximate surface area is 87.4 Å². The van der Waals surface area contributed by atoms with E-state index >= 15 is 0 Å². The Morgan fingerprint density at radius 2 is 2.13 bits per heavy atom. The first-order valence-corrected chi connectivity index (χ1v) is 4.51. The molecule has 0 radical (unpaired) electrons. The predicted octanol–water partition coefficient (Wildman–Crippen LogP) is 0.872. The molecular formula is C10H12N2O3. The first kappa shape index (κ1) is 11.2. The first-order valence-electron chi connectivity index (χ1n) is 4.51. The third-order valence-corrected chi connectivity index (χ3v) is 2.05. The Morgan fingerprint density at radius 1 is 1.47 bits per heavy atom. The van der Waals surface area contributed by atoms with E-state index in [0.29, 0.717) is 12.1 Å².